The van der Waals surface area contributed by atoms with Crippen LogP contribution >= 0.6 is 0 Å². The van der Waals surface area contributed by atoms with Gasteiger partial charge in [0.2, 0.25) is 0 Å². The average molecular weight is 816 g/mol. The summed E-state index contributed by atoms with van der Waals surface area (Å²) in [7, 11) is 3.83. The molecule has 0 aliphatic heterocycles. The van der Waals surface area contributed by atoms with Gasteiger partial charge in [-0.2, -0.15) is 0 Å². The molecule has 4 aromatic rings. The number of imidazole rings is 2. The monoisotopic (exact) mass is 815 g/mol. The van der Waals surface area contributed by atoms with Crippen LogP contribution in [0.25, 0.3) is 22.5 Å². The zero-order chi connectivity index (χ0) is 32.3. The zero-order valence-electron chi connectivity index (χ0n) is 27.2. The van der Waals surface area contributed by atoms with E-state index in [1.807, 2.05) is 37.1 Å². The summed E-state index contributed by atoms with van der Waals surface area (Å²) >= 11 is 0. The molecule has 46 heavy (non-hydrogen) atoms. The minimum Gasteiger partial charge on any atom is -0.343 e. The SMILES string of the molecule is Cn1c(C(C)(C)c2nc(-c3[c-]cc(F)nc3F)c(CC3(C)CCCC3)n2C)nc(-c2[c-]cc(F)nc2F)c1CC1(C)CCCC1.[Pt+2]. The molecule has 4 heterocycles. The van der Waals surface area contributed by atoms with Crippen molar-refractivity contribution in [2.24, 2.45) is 24.9 Å². The first-order valence-electron chi connectivity index (χ1n) is 15.8. The molecule has 2 fully saturated rings. The standard InChI is InChI=1S/C35H40F4N6.Pt/c1-33(2,31-42-27(21-11-13-25(36)40-29(21)38)23(44(31)5)19-34(3)15-7-8-16-34)32-43-28(22-12-14-26(37)41-30(22)39)24(45(32)6)20-35(4)17-9-10-18-35;/h13-14H,7-10,15-20H2,1-6H3;/q-2;+2. The maximum absolute atomic E-state index is 15.2. The molecule has 0 radical (unpaired) electrons. The van der Waals surface area contributed by atoms with Gasteiger partial charge in [-0.25, -0.2) is 17.6 Å². The molecular formula is C35H40F4N6Pt. The molecule has 2 aliphatic rings. The molecule has 4 aromatic heterocycles. The van der Waals surface area contributed by atoms with Gasteiger partial charge in [0.15, 0.2) is 0 Å². The van der Waals surface area contributed by atoms with Crippen LogP contribution in [0.1, 0.15) is 102 Å². The van der Waals surface area contributed by atoms with Crippen LogP contribution in [0.5, 0.6) is 0 Å². The van der Waals surface area contributed by atoms with Crippen molar-refractivity contribution in [2.45, 2.75) is 97.3 Å². The Morgan fingerprint density at radius 3 is 1.35 bits per heavy atom. The summed E-state index contributed by atoms with van der Waals surface area (Å²) in [6.07, 6.45) is 10.0. The van der Waals surface area contributed by atoms with Gasteiger partial charge >= 0.3 is 21.1 Å². The number of hydrogen-bond donors (Lipinski definition) is 0. The number of hydrogen-bond acceptors (Lipinski definition) is 4. The predicted molar refractivity (Wildman–Crippen MR) is 163 cm³/mol. The van der Waals surface area contributed by atoms with E-state index in [1.165, 1.54) is 0 Å². The van der Waals surface area contributed by atoms with Crippen LogP contribution < -0.4 is 0 Å². The number of nitrogens with zero attached hydrogens (tertiary/aromatic N) is 6. The van der Waals surface area contributed by atoms with E-state index in [1.54, 1.807) is 0 Å². The van der Waals surface area contributed by atoms with Crippen LogP contribution in [-0.4, -0.2) is 29.1 Å². The van der Waals surface area contributed by atoms with E-state index in [0.717, 1.165) is 74.9 Å². The van der Waals surface area contributed by atoms with Crippen LogP contribution in [-0.2, 0) is 53.4 Å². The van der Waals surface area contributed by atoms with Crippen molar-refractivity contribution in [2.75, 3.05) is 0 Å². The Bertz CT molecular complexity index is 1620. The van der Waals surface area contributed by atoms with Crippen molar-refractivity contribution in [3.63, 3.8) is 0 Å². The second-order valence-electron chi connectivity index (χ2n) is 14.4. The van der Waals surface area contributed by atoms with Crippen molar-refractivity contribution in [1.82, 2.24) is 29.1 Å². The Hall–Kier alpha value is -2.87. The molecule has 0 spiro atoms. The van der Waals surface area contributed by atoms with Gasteiger partial charge in [-0.05, 0) is 63.2 Å². The Balaban J connectivity index is 0.00000417. The third kappa shape index (κ3) is 6.23. The van der Waals surface area contributed by atoms with E-state index < -0.39 is 29.2 Å². The largest absolute Gasteiger partial charge is 2.00 e. The topological polar surface area (TPSA) is 61.4 Å². The Morgan fingerprint density at radius 2 is 1.02 bits per heavy atom. The van der Waals surface area contributed by atoms with E-state index in [-0.39, 0.29) is 43.0 Å². The summed E-state index contributed by atoms with van der Waals surface area (Å²) in [6, 6.07) is 7.54. The smallest absolute Gasteiger partial charge is 0.343 e. The van der Waals surface area contributed by atoms with Crippen LogP contribution in [0.3, 0.4) is 0 Å². The first-order valence-corrected chi connectivity index (χ1v) is 15.8. The summed E-state index contributed by atoms with van der Waals surface area (Å²) in [6.45, 7) is 8.46. The summed E-state index contributed by atoms with van der Waals surface area (Å²) in [4.78, 5) is 16.9. The Kier molecular flexibility index (Phi) is 9.46. The van der Waals surface area contributed by atoms with Gasteiger partial charge in [-0.15, -0.1) is 12.1 Å². The van der Waals surface area contributed by atoms with Gasteiger partial charge in [-0.1, -0.05) is 62.8 Å². The summed E-state index contributed by atoms with van der Waals surface area (Å²) in [5, 5.41) is 0. The molecule has 0 atom stereocenters. The first-order chi connectivity index (χ1) is 21.2. The summed E-state index contributed by atoms with van der Waals surface area (Å²) < 4.78 is 62.0. The van der Waals surface area contributed by atoms with Crippen LogP contribution in [0.2, 0.25) is 0 Å². The van der Waals surface area contributed by atoms with Gasteiger partial charge in [0.05, 0.1) is 5.41 Å². The Morgan fingerprint density at radius 1 is 0.674 bits per heavy atom. The van der Waals surface area contributed by atoms with E-state index in [4.69, 9.17) is 9.97 Å². The van der Waals surface area contributed by atoms with Crippen LogP contribution in [0.4, 0.5) is 17.6 Å². The molecule has 6 nitrogen and oxygen atoms in total. The molecule has 248 valence electrons. The molecule has 0 N–H and O–H groups in total. The first kappa shape index (κ1) is 34.5. The van der Waals surface area contributed by atoms with Crippen molar-refractivity contribution >= 4 is 0 Å². The van der Waals surface area contributed by atoms with Crippen molar-refractivity contribution in [3.8, 4) is 22.5 Å². The van der Waals surface area contributed by atoms with Crippen molar-refractivity contribution < 1.29 is 38.6 Å². The molecule has 6 rings (SSSR count). The fraction of sp³-hybridized carbons (Fsp3) is 0.543. The Labute approximate surface area is 282 Å². The maximum Gasteiger partial charge on any atom is 2.00 e. The molecule has 2 saturated carbocycles. The summed E-state index contributed by atoms with van der Waals surface area (Å²) in [5.41, 5.74) is 1.62. The van der Waals surface area contributed by atoms with Gasteiger partial charge in [0.1, 0.15) is 35.4 Å². The van der Waals surface area contributed by atoms with E-state index in [9.17, 15) is 8.78 Å². The molecule has 0 aromatic carbocycles. The number of pyridine rings is 2. The molecule has 0 amide bonds. The second kappa shape index (κ2) is 12.6. The fourth-order valence-electron chi connectivity index (χ4n) is 7.78. The predicted octanol–water partition coefficient (Wildman–Crippen LogP) is 8.00. The molecule has 0 saturated heterocycles. The number of rotatable bonds is 8. The normalized spacial score (nSPS) is 17.4. The zero-order valence-corrected chi connectivity index (χ0v) is 29.5. The third-order valence-corrected chi connectivity index (χ3v) is 10.3. The quantitative estimate of drug-likeness (QED) is 0.103. The van der Waals surface area contributed by atoms with E-state index in [2.05, 4.69) is 35.9 Å². The van der Waals surface area contributed by atoms with E-state index in [0.29, 0.717) is 35.9 Å². The molecule has 0 unspecified atom stereocenters. The van der Waals surface area contributed by atoms with Crippen molar-refractivity contribution in [3.05, 3.63) is 71.1 Å². The maximum atomic E-state index is 15.2. The van der Waals surface area contributed by atoms with Gasteiger partial charge in [0, 0.05) is 36.9 Å². The van der Waals surface area contributed by atoms with Crippen molar-refractivity contribution in [1.29, 1.82) is 0 Å². The second-order valence-corrected chi connectivity index (χ2v) is 14.4. The number of aromatic nitrogens is 6. The van der Waals surface area contributed by atoms with Crippen LogP contribution in [0, 0.1) is 46.8 Å². The third-order valence-electron chi connectivity index (χ3n) is 10.3. The van der Waals surface area contributed by atoms with E-state index >= 15 is 8.78 Å². The van der Waals surface area contributed by atoms with Gasteiger partial charge in [-0.3, -0.25) is 19.9 Å². The minimum absolute atomic E-state index is 0. The molecule has 0 bridgehead atoms. The summed E-state index contributed by atoms with van der Waals surface area (Å²) in [5.74, 6) is -2.58. The molecule has 2 aliphatic carbocycles. The minimum atomic E-state index is -0.962. The fourth-order valence-corrected chi connectivity index (χ4v) is 7.78. The van der Waals surface area contributed by atoms with Crippen LogP contribution in [0.15, 0.2) is 12.1 Å². The molecule has 11 heteroatoms. The van der Waals surface area contributed by atoms with Gasteiger partial charge in [0.25, 0.3) is 0 Å². The average Bonchev–Trinajstić information content (AvgIpc) is 3.74. The molecular weight excluding hydrogens is 775 g/mol. The number of halogens is 4. The van der Waals surface area contributed by atoms with Gasteiger partial charge < -0.3 is 9.13 Å².